The first-order valence-electron chi connectivity index (χ1n) is 5.89. The summed E-state index contributed by atoms with van der Waals surface area (Å²) in [6.45, 7) is 0. The van der Waals surface area contributed by atoms with E-state index in [-0.39, 0.29) is 24.4 Å². The summed E-state index contributed by atoms with van der Waals surface area (Å²) in [5.74, 6) is 0.519. The van der Waals surface area contributed by atoms with Crippen molar-refractivity contribution in [3.8, 4) is 11.8 Å². The highest BCUT2D eigenvalue weighted by Gasteiger charge is 2.20. The number of hydrogen-bond donors (Lipinski definition) is 1. The monoisotopic (exact) mass is 305 g/mol. The number of carbonyl (C=O) groups is 1. The summed E-state index contributed by atoms with van der Waals surface area (Å²) in [6.07, 6.45) is 2.86. The molecule has 0 spiro atoms. The molecule has 20 heavy (non-hydrogen) atoms. The van der Waals surface area contributed by atoms with E-state index < -0.39 is 0 Å². The van der Waals surface area contributed by atoms with Gasteiger partial charge in [0.05, 0.1) is 26.9 Å². The van der Waals surface area contributed by atoms with Gasteiger partial charge in [0.15, 0.2) is 0 Å². The molecule has 2 N–H and O–H groups in total. The van der Waals surface area contributed by atoms with Gasteiger partial charge in [-0.15, -0.1) is 12.4 Å². The Labute approximate surface area is 124 Å². The van der Waals surface area contributed by atoms with Crippen molar-refractivity contribution in [1.29, 1.82) is 0 Å². The minimum absolute atomic E-state index is 0. The van der Waals surface area contributed by atoms with E-state index in [1.807, 2.05) is 0 Å². The molecule has 8 heteroatoms. The molecule has 1 rings (SSSR count). The Hall–Kier alpha value is -1.60. The Morgan fingerprint density at radius 2 is 1.80 bits per heavy atom. The molecule has 0 aliphatic carbocycles. The number of methoxy groups -OCH3 is 3. The summed E-state index contributed by atoms with van der Waals surface area (Å²) in [7, 11) is 4.37. The van der Waals surface area contributed by atoms with E-state index in [0.29, 0.717) is 36.6 Å². The summed E-state index contributed by atoms with van der Waals surface area (Å²) >= 11 is 0. The van der Waals surface area contributed by atoms with Crippen LogP contribution in [-0.2, 0) is 9.53 Å². The Bertz CT molecular complexity index is 409. The average molecular weight is 306 g/mol. The van der Waals surface area contributed by atoms with Crippen molar-refractivity contribution in [3.05, 3.63) is 11.9 Å². The van der Waals surface area contributed by atoms with Crippen LogP contribution in [0.5, 0.6) is 11.8 Å². The number of rotatable bonds is 7. The van der Waals surface area contributed by atoms with E-state index in [1.165, 1.54) is 27.7 Å². The van der Waals surface area contributed by atoms with Gasteiger partial charge in [-0.3, -0.25) is 4.79 Å². The molecule has 0 aliphatic rings. The van der Waals surface area contributed by atoms with Crippen LogP contribution in [0.15, 0.2) is 6.33 Å². The number of aromatic nitrogens is 2. The molecule has 0 saturated carbocycles. The summed E-state index contributed by atoms with van der Waals surface area (Å²) in [5.41, 5.74) is 6.69. The van der Waals surface area contributed by atoms with Gasteiger partial charge in [-0.1, -0.05) is 0 Å². The summed E-state index contributed by atoms with van der Waals surface area (Å²) in [5, 5.41) is 0. The number of hydrogen-bond acceptors (Lipinski definition) is 7. The normalized spacial score (nSPS) is 11.2. The molecule has 0 aliphatic heterocycles. The Balaban J connectivity index is 0.00000361. The van der Waals surface area contributed by atoms with Gasteiger partial charge in [-0.2, -0.15) is 0 Å². The molecular formula is C12H20ClN3O4. The van der Waals surface area contributed by atoms with Gasteiger partial charge in [0.25, 0.3) is 0 Å². The van der Waals surface area contributed by atoms with Gasteiger partial charge in [0.1, 0.15) is 6.33 Å². The number of nitrogens with two attached hydrogens (primary N) is 1. The average Bonchev–Trinajstić information content (AvgIpc) is 2.45. The lowest BCUT2D eigenvalue weighted by Gasteiger charge is -2.16. The molecule has 7 nitrogen and oxygen atoms in total. The second-order valence-electron chi connectivity index (χ2n) is 3.88. The van der Waals surface area contributed by atoms with Crippen LogP contribution >= 0.6 is 12.4 Å². The molecule has 0 aromatic carbocycles. The fourth-order valence-electron chi connectivity index (χ4n) is 1.72. The van der Waals surface area contributed by atoms with Gasteiger partial charge < -0.3 is 19.9 Å². The number of ether oxygens (including phenoxy) is 3. The second-order valence-corrected chi connectivity index (χ2v) is 3.88. The van der Waals surface area contributed by atoms with Crippen LogP contribution in [0.3, 0.4) is 0 Å². The molecule has 0 fully saturated rings. The van der Waals surface area contributed by atoms with Crippen molar-refractivity contribution < 1.29 is 19.0 Å². The second kappa shape index (κ2) is 9.33. The molecule has 0 bridgehead atoms. The van der Waals surface area contributed by atoms with Crippen molar-refractivity contribution >= 4 is 18.4 Å². The van der Waals surface area contributed by atoms with Crippen LogP contribution in [0.4, 0.5) is 0 Å². The SMILES string of the molecule is COC(=O)CCCC(N)c1c(OC)ncnc1OC.Cl. The first-order chi connectivity index (χ1) is 9.13. The van der Waals surface area contributed by atoms with Crippen LogP contribution in [0.2, 0.25) is 0 Å². The predicted octanol–water partition coefficient (Wildman–Crippen LogP) is 1.26. The standard InChI is InChI=1S/C12H19N3O4.ClH/c1-17-9(16)6-4-5-8(13)10-11(18-2)14-7-15-12(10)19-3;/h7-8H,4-6,13H2,1-3H3;1H. The molecule has 0 radical (unpaired) electrons. The fourth-order valence-corrected chi connectivity index (χ4v) is 1.72. The lowest BCUT2D eigenvalue weighted by Crippen LogP contribution is -2.15. The van der Waals surface area contributed by atoms with Crippen LogP contribution in [0.1, 0.15) is 30.9 Å². The first kappa shape index (κ1) is 18.4. The minimum atomic E-state index is -0.365. The lowest BCUT2D eigenvalue weighted by atomic mass is 10.0. The maximum Gasteiger partial charge on any atom is 0.305 e. The molecule has 1 aromatic heterocycles. The highest BCUT2D eigenvalue weighted by atomic mass is 35.5. The lowest BCUT2D eigenvalue weighted by molar-refractivity contribution is -0.140. The molecule has 1 atom stereocenters. The number of esters is 1. The molecule has 1 heterocycles. The van der Waals surface area contributed by atoms with Crippen molar-refractivity contribution in [2.45, 2.75) is 25.3 Å². The van der Waals surface area contributed by atoms with Crippen molar-refractivity contribution in [1.82, 2.24) is 9.97 Å². The third-order valence-electron chi connectivity index (χ3n) is 2.69. The van der Waals surface area contributed by atoms with E-state index in [2.05, 4.69) is 14.7 Å². The summed E-state index contributed by atoms with van der Waals surface area (Å²) in [4.78, 5) is 19.0. The molecule has 1 unspecified atom stereocenters. The first-order valence-corrected chi connectivity index (χ1v) is 5.89. The third-order valence-corrected chi connectivity index (χ3v) is 2.69. The van der Waals surface area contributed by atoms with Gasteiger partial charge in [0.2, 0.25) is 11.8 Å². The van der Waals surface area contributed by atoms with Gasteiger partial charge in [-0.25, -0.2) is 9.97 Å². The molecule has 0 amide bonds. The van der Waals surface area contributed by atoms with Gasteiger partial charge >= 0.3 is 5.97 Å². The zero-order valence-electron chi connectivity index (χ0n) is 11.8. The third kappa shape index (κ3) is 4.82. The fraction of sp³-hybridized carbons (Fsp3) is 0.583. The smallest absolute Gasteiger partial charge is 0.305 e. The topological polar surface area (TPSA) is 96.6 Å². The zero-order valence-corrected chi connectivity index (χ0v) is 12.6. The Morgan fingerprint density at radius 3 is 2.25 bits per heavy atom. The van der Waals surface area contributed by atoms with Crippen LogP contribution in [0, 0.1) is 0 Å². The predicted molar refractivity (Wildman–Crippen MR) is 75.2 cm³/mol. The van der Waals surface area contributed by atoms with Gasteiger partial charge in [-0.05, 0) is 12.8 Å². The van der Waals surface area contributed by atoms with Crippen molar-refractivity contribution in [3.63, 3.8) is 0 Å². The van der Waals surface area contributed by atoms with Gasteiger partial charge in [0, 0.05) is 12.5 Å². The quantitative estimate of drug-likeness (QED) is 0.757. The van der Waals surface area contributed by atoms with E-state index in [1.54, 1.807) is 0 Å². The van der Waals surface area contributed by atoms with Crippen LogP contribution in [-0.4, -0.2) is 37.3 Å². The van der Waals surface area contributed by atoms with E-state index in [4.69, 9.17) is 15.2 Å². The van der Waals surface area contributed by atoms with E-state index in [9.17, 15) is 4.79 Å². The van der Waals surface area contributed by atoms with E-state index in [0.717, 1.165) is 0 Å². The minimum Gasteiger partial charge on any atom is -0.481 e. The number of nitrogens with zero attached hydrogens (tertiary/aromatic N) is 2. The highest BCUT2D eigenvalue weighted by Crippen LogP contribution is 2.31. The maximum absolute atomic E-state index is 11.0. The number of carbonyl (C=O) groups excluding carboxylic acids is 1. The Kier molecular flexibility index (Phi) is 8.58. The molecule has 114 valence electrons. The summed E-state index contributed by atoms with van der Waals surface area (Å²) < 4.78 is 14.9. The molecule has 0 saturated heterocycles. The Morgan fingerprint density at radius 1 is 1.25 bits per heavy atom. The van der Waals surface area contributed by atoms with Crippen molar-refractivity contribution in [2.75, 3.05) is 21.3 Å². The summed E-state index contributed by atoms with van der Waals surface area (Å²) in [6, 6.07) is -0.365. The maximum atomic E-state index is 11.0. The largest absolute Gasteiger partial charge is 0.481 e. The molecular weight excluding hydrogens is 286 g/mol. The molecule has 1 aromatic rings. The van der Waals surface area contributed by atoms with E-state index >= 15 is 0 Å². The highest BCUT2D eigenvalue weighted by molar-refractivity contribution is 5.85. The van der Waals surface area contributed by atoms with Crippen LogP contribution < -0.4 is 15.2 Å². The zero-order chi connectivity index (χ0) is 14.3. The van der Waals surface area contributed by atoms with Crippen molar-refractivity contribution in [2.24, 2.45) is 5.73 Å². The number of halogens is 1. The van der Waals surface area contributed by atoms with Crippen LogP contribution in [0.25, 0.3) is 0 Å².